The molecular formula is C19H22N4O. The van der Waals surface area contributed by atoms with Gasteiger partial charge in [-0.05, 0) is 24.6 Å². The molecule has 5 nitrogen and oxygen atoms in total. The molecule has 0 aliphatic carbocycles. The van der Waals surface area contributed by atoms with Crippen molar-refractivity contribution >= 4 is 0 Å². The van der Waals surface area contributed by atoms with Crippen molar-refractivity contribution in [1.29, 1.82) is 0 Å². The van der Waals surface area contributed by atoms with E-state index in [0.29, 0.717) is 6.61 Å². The second-order valence-electron chi connectivity index (χ2n) is 5.72. The van der Waals surface area contributed by atoms with Crippen LogP contribution in [0.4, 0.5) is 0 Å². The van der Waals surface area contributed by atoms with E-state index < -0.39 is 0 Å². The number of nitrogens with one attached hydrogen (secondary N) is 1. The molecule has 0 radical (unpaired) electrons. The van der Waals surface area contributed by atoms with Gasteiger partial charge in [0.2, 0.25) is 0 Å². The standard InChI is InChI=1S/C19H22N4O/c1-16-11-22-23(14-16)10-9-21-13-18-6-2-3-7-19(18)24-15-17-5-4-8-20-12-17/h2-8,11-12,14,21H,9-10,13,15H2,1H3. The third-order valence-corrected chi connectivity index (χ3v) is 3.69. The van der Waals surface area contributed by atoms with Gasteiger partial charge in [-0.15, -0.1) is 0 Å². The molecule has 0 amide bonds. The van der Waals surface area contributed by atoms with Gasteiger partial charge in [-0.3, -0.25) is 9.67 Å². The fourth-order valence-electron chi connectivity index (χ4n) is 2.44. The Morgan fingerprint density at radius 1 is 1.12 bits per heavy atom. The second-order valence-corrected chi connectivity index (χ2v) is 5.72. The van der Waals surface area contributed by atoms with Gasteiger partial charge in [0, 0.05) is 42.8 Å². The molecule has 1 N–H and O–H groups in total. The highest BCUT2D eigenvalue weighted by molar-refractivity contribution is 5.33. The van der Waals surface area contributed by atoms with Crippen LogP contribution in [0, 0.1) is 6.92 Å². The molecule has 0 spiro atoms. The first-order chi connectivity index (χ1) is 11.8. The summed E-state index contributed by atoms with van der Waals surface area (Å²) in [6.07, 6.45) is 7.52. The average Bonchev–Trinajstić information content (AvgIpc) is 3.04. The monoisotopic (exact) mass is 322 g/mol. The number of hydrogen-bond acceptors (Lipinski definition) is 4. The molecule has 0 saturated heterocycles. The highest BCUT2D eigenvalue weighted by Crippen LogP contribution is 2.19. The highest BCUT2D eigenvalue weighted by atomic mass is 16.5. The zero-order valence-electron chi connectivity index (χ0n) is 13.9. The van der Waals surface area contributed by atoms with Gasteiger partial charge in [-0.25, -0.2) is 0 Å². The van der Waals surface area contributed by atoms with Gasteiger partial charge in [0.1, 0.15) is 12.4 Å². The van der Waals surface area contributed by atoms with E-state index in [1.165, 1.54) is 5.56 Å². The Hall–Kier alpha value is -2.66. The molecule has 1 aromatic carbocycles. The number of para-hydroxylation sites is 1. The minimum atomic E-state index is 0.525. The summed E-state index contributed by atoms with van der Waals surface area (Å²) in [5, 5.41) is 7.73. The fraction of sp³-hybridized carbons (Fsp3) is 0.263. The average molecular weight is 322 g/mol. The molecule has 2 heterocycles. The molecule has 0 saturated carbocycles. The maximum absolute atomic E-state index is 5.94. The number of aromatic nitrogens is 3. The topological polar surface area (TPSA) is 52.0 Å². The summed E-state index contributed by atoms with van der Waals surface area (Å²) in [6.45, 7) is 5.05. The Kier molecular flexibility index (Phi) is 5.58. The lowest BCUT2D eigenvalue weighted by Gasteiger charge is -2.12. The van der Waals surface area contributed by atoms with Crippen molar-refractivity contribution in [3.63, 3.8) is 0 Å². The first-order valence-electron chi connectivity index (χ1n) is 8.10. The van der Waals surface area contributed by atoms with Crippen LogP contribution in [0.2, 0.25) is 0 Å². The SMILES string of the molecule is Cc1cnn(CCNCc2ccccc2OCc2cccnc2)c1. The van der Waals surface area contributed by atoms with Crippen LogP contribution in [-0.2, 0) is 19.7 Å². The quantitative estimate of drug-likeness (QED) is 0.648. The number of hydrogen-bond donors (Lipinski definition) is 1. The van der Waals surface area contributed by atoms with E-state index in [1.807, 2.05) is 60.5 Å². The van der Waals surface area contributed by atoms with Crippen molar-refractivity contribution in [2.75, 3.05) is 6.54 Å². The number of benzene rings is 1. The Bertz CT molecular complexity index is 755. The Labute approximate surface area is 142 Å². The number of aryl methyl sites for hydroxylation is 1. The highest BCUT2D eigenvalue weighted by Gasteiger charge is 2.03. The molecule has 0 aliphatic rings. The van der Waals surface area contributed by atoms with Crippen LogP contribution in [0.1, 0.15) is 16.7 Å². The lowest BCUT2D eigenvalue weighted by Crippen LogP contribution is -2.20. The van der Waals surface area contributed by atoms with Crippen molar-refractivity contribution in [3.05, 3.63) is 77.9 Å². The van der Waals surface area contributed by atoms with E-state index in [-0.39, 0.29) is 0 Å². The first kappa shape index (κ1) is 16.2. The van der Waals surface area contributed by atoms with Gasteiger partial charge in [0.15, 0.2) is 0 Å². The minimum absolute atomic E-state index is 0.525. The van der Waals surface area contributed by atoms with Crippen LogP contribution in [-0.4, -0.2) is 21.3 Å². The largest absolute Gasteiger partial charge is 0.489 e. The smallest absolute Gasteiger partial charge is 0.124 e. The summed E-state index contributed by atoms with van der Waals surface area (Å²) in [5.41, 5.74) is 3.40. The first-order valence-corrected chi connectivity index (χ1v) is 8.10. The van der Waals surface area contributed by atoms with E-state index in [0.717, 1.165) is 36.5 Å². The van der Waals surface area contributed by atoms with Gasteiger partial charge < -0.3 is 10.1 Å². The third kappa shape index (κ3) is 4.67. The predicted octanol–water partition coefficient (Wildman–Crippen LogP) is 2.96. The minimum Gasteiger partial charge on any atom is -0.489 e. The van der Waals surface area contributed by atoms with Crippen molar-refractivity contribution in [1.82, 2.24) is 20.1 Å². The second kappa shape index (κ2) is 8.26. The summed E-state index contributed by atoms with van der Waals surface area (Å²) in [4.78, 5) is 4.11. The number of ether oxygens (including phenoxy) is 1. The van der Waals surface area contributed by atoms with Crippen LogP contribution in [0.5, 0.6) is 5.75 Å². The van der Waals surface area contributed by atoms with Crippen LogP contribution < -0.4 is 10.1 Å². The molecule has 124 valence electrons. The van der Waals surface area contributed by atoms with Gasteiger partial charge in [0.05, 0.1) is 12.7 Å². The molecule has 0 fully saturated rings. The van der Waals surface area contributed by atoms with Gasteiger partial charge in [-0.1, -0.05) is 24.3 Å². The van der Waals surface area contributed by atoms with Gasteiger partial charge in [-0.2, -0.15) is 5.10 Å². The molecule has 5 heteroatoms. The molecule has 0 atom stereocenters. The van der Waals surface area contributed by atoms with Crippen molar-refractivity contribution in [3.8, 4) is 5.75 Å². The molecule has 3 rings (SSSR count). The normalized spacial score (nSPS) is 10.7. The predicted molar refractivity (Wildman–Crippen MR) is 93.7 cm³/mol. The van der Waals surface area contributed by atoms with E-state index in [9.17, 15) is 0 Å². The Morgan fingerprint density at radius 2 is 2.04 bits per heavy atom. The van der Waals surface area contributed by atoms with Crippen LogP contribution in [0.25, 0.3) is 0 Å². The number of pyridine rings is 1. The lowest BCUT2D eigenvalue weighted by atomic mass is 10.2. The number of rotatable bonds is 8. The molecular weight excluding hydrogens is 300 g/mol. The maximum Gasteiger partial charge on any atom is 0.124 e. The van der Waals surface area contributed by atoms with Gasteiger partial charge in [0.25, 0.3) is 0 Å². The van der Waals surface area contributed by atoms with E-state index in [2.05, 4.69) is 21.5 Å². The summed E-state index contributed by atoms with van der Waals surface area (Å²) >= 11 is 0. The van der Waals surface area contributed by atoms with Crippen molar-refractivity contribution in [2.45, 2.75) is 26.6 Å². The zero-order valence-corrected chi connectivity index (χ0v) is 13.9. The van der Waals surface area contributed by atoms with E-state index in [1.54, 1.807) is 6.20 Å². The molecule has 0 unspecified atom stereocenters. The van der Waals surface area contributed by atoms with Crippen LogP contribution in [0.15, 0.2) is 61.2 Å². The summed E-state index contributed by atoms with van der Waals surface area (Å²) in [7, 11) is 0. The lowest BCUT2D eigenvalue weighted by molar-refractivity contribution is 0.301. The van der Waals surface area contributed by atoms with Crippen LogP contribution in [0.3, 0.4) is 0 Å². The van der Waals surface area contributed by atoms with Crippen LogP contribution >= 0.6 is 0 Å². The number of nitrogens with zero attached hydrogens (tertiary/aromatic N) is 3. The van der Waals surface area contributed by atoms with Crippen molar-refractivity contribution in [2.24, 2.45) is 0 Å². The summed E-state index contributed by atoms with van der Waals surface area (Å²) in [6, 6.07) is 12.1. The maximum atomic E-state index is 5.94. The molecule has 3 aromatic rings. The summed E-state index contributed by atoms with van der Waals surface area (Å²) < 4.78 is 7.90. The van der Waals surface area contributed by atoms with E-state index in [4.69, 9.17) is 4.74 Å². The third-order valence-electron chi connectivity index (χ3n) is 3.69. The van der Waals surface area contributed by atoms with Gasteiger partial charge >= 0.3 is 0 Å². The molecule has 0 aliphatic heterocycles. The zero-order chi connectivity index (χ0) is 16.6. The Morgan fingerprint density at radius 3 is 2.83 bits per heavy atom. The fourth-order valence-corrected chi connectivity index (χ4v) is 2.44. The van der Waals surface area contributed by atoms with Crippen molar-refractivity contribution < 1.29 is 4.74 Å². The Balaban J connectivity index is 1.50. The molecule has 0 bridgehead atoms. The molecule has 24 heavy (non-hydrogen) atoms. The van der Waals surface area contributed by atoms with E-state index >= 15 is 0 Å². The molecule has 2 aromatic heterocycles. The summed E-state index contributed by atoms with van der Waals surface area (Å²) in [5.74, 6) is 0.906.